The first-order valence-corrected chi connectivity index (χ1v) is 6.11. The summed E-state index contributed by atoms with van der Waals surface area (Å²) in [4.78, 5) is 11.6. The molecule has 3 nitrogen and oxygen atoms in total. The Morgan fingerprint density at radius 1 is 1.40 bits per heavy atom. The summed E-state index contributed by atoms with van der Waals surface area (Å²) < 4.78 is 0. The van der Waals surface area contributed by atoms with Gasteiger partial charge in [0.15, 0.2) is 0 Å². The Morgan fingerprint density at radius 3 is 2.53 bits per heavy atom. The molecule has 0 aromatic carbocycles. The maximum atomic E-state index is 11.6. The molecule has 0 radical (unpaired) electrons. The highest BCUT2D eigenvalue weighted by Gasteiger charge is 2.20. The molecule has 0 aromatic heterocycles. The Kier molecular flexibility index (Phi) is 5.09. The van der Waals surface area contributed by atoms with Gasteiger partial charge in [0.05, 0.1) is 0 Å². The zero-order valence-electron chi connectivity index (χ0n) is 9.96. The van der Waals surface area contributed by atoms with Crippen LogP contribution in [0.1, 0.15) is 46.0 Å². The van der Waals surface area contributed by atoms with E-state index in [1.807, 2.05) is 6.92 Å². The van der Waals surface area contributed by atoms with Crippen molar-refractivity contribution in [1.29, 1.82) is 0 Å². The minimum absolute atomic E-state index is 0.111. The van der Waals surface area contributed by atoms with Crippen LogP contribution >= 0.6 is 0 Å². The van der Waals surface area contributed by atoms with E-state index in [0.29, 0.717) is 18.9 Å². The lowest BCUT2D eigenvalue weighted by Crippen LogP contribution is -2.38. The summed E-state index contributed by atoms with van der Waals surface area (Å²) in [5.41, 5.74) is 5.46. The average Bonchev–Trinajstić information content (AvgIpc) is 2.21. The highest BCUT2D eigenvalue weighted by atomic mass is 16.1. The van der Waals surface area contributed by atoms with E-state index in [0.717, 1.165) is 5.92 Å². The van der Waals surface area contributed by atoms with Crippen LogP contribution in [0.2, 0.25) is 0 Å². The van der Waals surface area contributed by atoms with E-state index in [2.05, 4.69) is 12.2 Å². The van der Waals surface area contributed by atoms with Gasteiger partial charge >= 0.3 is 0 Å². The molecular formula is C12H24N2O. The summed E-state index contributed by atoms with van der Waals surface area (Å²) in [6.07, 6.45) is 5.68. The summed E-state index contributed by atoms with van der Waals surface area (Å²) in [5.74, 6) is 1.63. The van der Waals surface area contributed by atoms with Crippen molar-refractivity contribution in [2.24, 2.45) is 17.6 Å². The number of carbonyl (C=O) groups excluding carboxylic acids is 1. The number of nitrogens with one attached hydrogen (secondary N) is 1. The van der Waals surface area contributed by atoms with Crippen molar-refractivity contribution in [3.05, 3.63) is 0 Å². The molecule has 1 atom stereocenters. The normalized spacial score (nSPS) is 28.5. The van der Waals surface area contributed by atoms with Crippen LogP contribution in [0.5, 0.6) is 0 Å². The van der Waals surface area contributed by atoms with Crippen molar-refractivity contribution in [2.75, 3.05) is 6.54 Å². The fraction of sp³-hybridized carbons (Fsp3) is 0.917. The first kappa shape index (κ1) is 12.5. The third kappa shape index (κ3) is 4.65. The second-order valence-electron chi connectivity index (χ2n) is 5.03. The van der Waals surface area contributed by atoms with Crippen LogP contribution in [0, 0.1) is 11.8 Å². The first-order valence-electron chi connectivity index (χ1n) is 6.11. The van der Waals surface area contributed by atoms with Crippen LogP contribution in [0.4, 0.5) is 0 Å². The smallest absolute Gasteiger partial charge is 0.220 e. The van der Waals surface area contributed by atoms with Gasteiger partial charge in [-0.15, -0.1) is 0 Å². The van der Waals surface area contributed by atoms with Gasteiger partial charge in [-0.2, -0.15) is 0 Å². The van der Waals surface area contributed by atoms with Crippen molar-refractivity contribution < 1.29 is 4.79 Å². The molecule has 1 rings (SSSR count). The zero-order valence-corrected chi connectivity index (χ0v) is 9.96. The molecule has 0 bridgehead atoms. The second kappa shape index (κ2) is 6.11. The van der Waals surface area contributed by atoms with Gasteiger partial charge in [0.25, 0.3) is 0 Å². The van der Waals surface area contributed by atoms with Crippen molar-refractivity contribution >= 4 is 5.91 Å². The molecule has 3 heteroatoms. The van der Waals surface area contributed by atoms with Crippen LogP contribution in [0.25, 0.3) is 0 Å². The monoisotopic (exact) mass is 212 g/mol. The topological polar surface area (TPSA) is 55.1 Å². The maximum absolute atomic E-state index is 11.6. The predicted octanol–water partition coefficient (Wildman–Crippen LogP) is 1.67. The SMILES string of the molecule is CC1CCC(CC(=O)N[C@H](C)CN)CC1. The van der Waals surface area contributed by atoms with Gasteiger partial charge in [0, 0.05) is 19.0 Å². The average molecular weight is 212 g/mol. The minimum atomic E-state index is 0.111. The van der Waals surface area contributed by atoms with Gasteiger partial charge in [0.2, 0.25) is 5.91 Å². The molecule has 0 aliphatic heterocycles. The lowest BCUT2D eigenvalue weighted by atomic mass is 9.81. The van der Waals surface area contributed by atoms with Gasteiger partial charge < -0.3 is 11.1 Å². The van der Waals surface area contributed by atoms with Crippen LogP contribution in [-0.2, 0) is 4.79 Å². The lowest BCUT2D eigenvalue weighted by Gasteiger charge is -2.26. The Labute approximate surface area is 92.8 Å². The molecule has 1 amide bonds. The standard InChI is InChI=1S/C12H24N2O/c1-9-3-5-11(6-4-9)7-12(15)14-10(2)8-13/h9-11H,3-8,13H2,1-2H3,(H,14,15)/t9?,10-,11?/m1/s1. The third-order valence-electron chi connectivity index (χ3n) is 3.37. The lowest BCUT2D eigenvalue weighted by molar-refractivity contribution is -0.122. The minimum Gasteiger partial charge on any atom is -0.352 e. The predicted molar refractivity (Wildman–Crippen MR) is 62.4 cm³/mol. The molecule has 0 spiro atoms. The van der Waals surface area contributed by atoms with E-state index < -0.39 is 0 Å². The third-order valence-corrected chi connectivity index (χ3v) is 3.37. The molecule has 1 fully saturated rings. The van der Waals surface area contributed by atoms with Crippen molar-refractivity contribution in [3.8, 4) is 0 Å². The number of amides is 1. The fourth-order valence-electron chi connectivity index (χ4n) is 2.19. The molecule has 3 N–H and O–H groups in total. The van der Waals surface area contributed by atoms with Gasteiger partial charge in [-0.25, -0.2) is 0 Å². The van der Waals surface area contributed by atoms with E-state index in [-0.39, 0.29) is 11.9 Å². The molecule has 1 aliphatic rings. The van der Waals surface area contributed by atoms with E-state index in [1.54, 1.807) is 0 Å². The summed E-state index contributed by atoms with van der Waals surface area (Å²) in [5, 5.41) is 2.92. The summed E-state index contributed by atoms with van der Waals surface area (Å²) in [6, 6.07) is 0.111. The van der Waals surface area contributed by atoms with Gasteiger partial charge in [0.1, 0.15) is 0 Å². The largest absolute Gasteiger partial charge is 0.352 e. The molecule has 0 aromatic rings. The molecule has 1 saturated carbocycles. The van der Waals surface area contributed by atoms with Crippen LogP contribution in [0.15, 0.2) is 0 Å². The Morgan fingerprint density at radius 2 is 2.00 bits per heavy atom. The number of nitrogens with two attached hydrogens (primary N) is 1. The summed E-state index contributed by atoms with van der Waals surface area (Å²) in [7, 11) is 0. The van der Waals surface area contributed by atoms with Gasteiger partial charge in [-0.1, -0.05) is 19.8 Å². The van der Waals surface area contributed by atoms with Crippen LogP contribution in [0.3, 0.4) is 0 Å². The van der Waals surface area contributed by atoms with Crippen LogP contribution < -0.4 is 11.1 Å². The second-order valence-corrected chi connectivity index (χ2v) is 5.03. The highest BCUT2D eigenvalue weighted by Crippen LogP contribution is 2.30. The fourth-order valence-corrected chi connectivity index (χ4v) is 2.19. The summed E-state index contributed by atoms with van der Waals surface area (Å²) in [6.45, 7) is 4.76. The molecule has 1 aliphatic carbocycles. The number of hydrogen-bond donors (Lipinski definition) is 2. The first-order chi connectivity index (χ1) is 7.11. The van der Waals surface area contributed by atoms with Crippen molar-refractivity contribution in [2.45, 2.75) is 52.0 Å². The number of hydrogen-bond acceptors (Lipinski definition) is 2. The van der Waals surface area contributed by atoms with E-state index in [9.17, 15) is 4.79 Å². The Bertz CT molecular complexity index is 198. The van der Waals surface area contributed by atoms with Gasteiger partial charge in [-0.3, -0.25) is 4.79 Å². The van der Waals surface area contributed by atoms with Crippen molar-refractivity contribution in [3.63, 3.8) is 0 Å². The number of carbonyl (C=O) groups is 1. The van der Waals surface area contributed by atoms with E-state index in [1.165, 1.54) is 25.7 Å². The Balaban J connectivity index is 2.20. The molecule has 0 heterocycles. The highest BCUT2D eigenvalue weighted by molar-refractivity contribution is 5.76. The van der Waals surface area contributed by atoms with Crippen LogP contribution in [-0.4, -0.2) is 18.5 Å². The molecule has 88 valence electrons. The van der Waals surface area contributed by atoms with Gasteiger partial charge in [-0.05, 0) is 31.6 Å². The molecule has 15 heavy (non-hydrogen) atoms. The van der Waals surface area contributed by atoms with E-state index in [4.69, 9.17) is 5.73 Å². The maximum Gasteiger partial charge on any atom is 0.220 e. The molecule has 0 saturated heterocycles. The molecule has 0 unspecified atom stereocenters. The summed E-state index contributed by atoms with van der Waals surface area (Å²) >= 11 is 0. The quantitative estimate of drug-likeness (QED) is 0.744. The zero-order chi connectivity index (χ0) is 11.3. The number of rotatable bonds is 4. The molecular weight excluding hydrogens is 188 g/mol. The van der Waals surface area contributed by atoms with E-state index >= 15 is 0 Å². The Hall–Kier alpha value is -0.570. The van der Waals surface area contributed by atoms with Crippen molar-refractivity contribution in [1.82, 2.24) is 5.32 Å².